The molecule has 0 bridgehead atoms. The Kier molecular flexibility index (Phi) is 4.62. The molecule has 0 radical (unpaired) electrons. The lowest BCUT2D eigenvalue weighted by molar-refractivity contribution is -0.277. The summed E-state index contributed by atoms with van der Waals surface area (Å²) in [5.41, 5.74) is 2.12. The standard InChI is InChI=1S/C14H20O6/c1-7-3-4-9(5-8(7)2)19-14-13(18)12(17)11(16)10(6-15)20-14/h3-5,10-18H,6H2,1-2H3/t10-,11-,12+,13+,14+/m1/s1. The highest BCUT2D eigenvalue weighted by Crippen LogP contribution is 2.25. The van der Waals surface area contributed by atoms with Crippen LogP contribution >= 0.6 is 0 Å². The number of hydrogen-bond acceptors (Lipinski definition) is 6. The molecule has 1 aliphatic heterocycles. The van der Waals surface area contributed by atoms with E-state index < -0.39 is 37.3 Å². The lowest BCUT2D eigenvalue weighted by Crippen LogP contribution is -2.60. The summed E-state index contributed by atoms with van der Waals surface area (Å²) in [6.07, 6.45) is -6.32. The third kappa shape index (κ3) is 2.94. The van der Waals surface area contributed by atoms with Crippen molar-refractivity contribution in [3.63, 3.8) is 0 Å². The minimum atomic E-state index is -1.43. The first kappa shape index (κ1) is 15.2. The number of hydrogen-bond donors (Lipinski definition) is 4. The zero-order valence-electron chi connectivity index (χ0n) is 11.4. The van der Waals surface area contributed by atoms with Crippen molar-refractivity contribution < 1.29 is 29.9 Å². The summed E-state index contributed by atoms with van der Waals surface area (Å²) in [5, 5.41) is 38.3. The molecule has 20 heavy (non-hydrogen) atoms. The average Bonchev–Trinajstić information content (AvgIpc) is 2.43. The molecule has 1 aliphatic rings. The Bertz CT molecular complexity index is 461. The molecule has 0 aliphatic carbocycles. The molecule has 0 saturated carbocycles. The maximum absolute atomic E-state index is 9.86. The lowest BCUT2D eigenvalue weighted by atomic mass is 9.99. The molecule has 4 N–H and O–H groups in total. The van der Waals surface area contributed by atoms with Crippen molar-refractivity contribution in [1.82, 2.24) is 0 Å². The van der Waals surface area contributed by atoms with E-state index >= 15 is 0 Å². The molecule has 0 amide bonds. The first-order chi connectivity index (χ1) is 9.43. The van der Waals surface area contributed by atoms with Crippen LogP contribution < -0.4 is 4.74 Å². The van der Waals surface area contributed by atoms with Gasteiger partial charge in [0.05, 0.1) is 6.61 Å². The second-order valence-corrected chi connectivity index (χ2v) is 5.06. The second-order valence-electron chi connectivity index (χ2n) is 5.06. The van der Waals surface area contributed by atoms with Gasteiger partial charge >= 0.3 is 0 Å². The maximum atomic E-state index is 9.86. The predicted octanol–water partition coefficient (Wildman–Crippen LogP) is -0.518. The molecule has 5 atom stereocenters. The van der Waals surface area contributed by atoms with E-state index in [1.54, 1.807) is 12.1 Å². The number of aliphatic hydroxyl groups is 4. The molecule has 112 valence electrons. The summed E-state index contributed by atoms with van der Waals surface area (Å²) in [4.78, 5) is 0. The Morgan fingerprint density at radius 1 is 1.05 bits per heavy atom. The minimum Gasteiger partial charge on any atom is -0.462 e. The smallest absolute Gasteiger partial charge is 0.229 e. The normalized spacial score (nSPS) is 34.0. The Morgan fingerprint density at radius 3 is 2.35 bits per heavy atom. The quantitative estimate of drug-likeness (QED) is 0.596. The van der Waals surface area contributed by atoms with E-state index in [-0.39, 0.29) is 0 Å². The topological polar surface area (TPSA) is 99.4 Å². The summed E-state index contributed by atoms with van der Waals surface area (Å²) in [7, 11) is 0. The molecule has 2 rings (SSSR count). The molecular formula is C14H20O6. The molecule has 6 heteroatoms. The third-order valence-corrected chi connectivity index (χ3v) is 3.58. The lowest BCUT2D eigenvalue weighted by Gasteiger charge is -2.39. The van der Waals surface area contributed by atoms with Crippen LogP contribution in [0.4, 0.5) is 0 Å². The Hall–Kier alpha value is -1.18. The molecule has 0 unspecified atom stereocenters. The van der Waals surface area contributed by atoms with Gasteiger partial charge < -0.3 is 29.9 Å². The fraction of sp³-hybridized carbons (Fsp3) is 0.571. The van der Waals surface area contributed by atoms with Gasteiger partial charge in [-0.2, -0.15) is 0 Å². The Morgan fingerprint density at radius 2 is 1.75 bits per heavy atom. The molecule has 6 nitrogen and oxygen atoms in total. The van der Waals surface area contributed by atoms with Crippen LogP contribution in [0.3, 0.4) is 0 Å². The van der Waals surface area contributed by atoms with Crippen LogP contribution in [0, 0.1) is 13.8 Å². The molecule has 1 heterocycles. The summed E-state index contributed by atoms with van der Waals surface area (Å²) in [5.74, 6) is 0.484. The molecule has 0 aromatic heterocycles. The number of rotatable bonds is 3. The van der Waals surface area contributed by atoms with Gasteiger partial charge in [-0.3, -0.25) is 0 Å². The summed E-state index contributed by atoms with van der Waals surface area (Å²) >= 11 is 0. The van der Waals surface area contributed by atoms with Crippen LogP contribution in [-0.4, -0.2) is 57.7 Å². The van der Waals surface area contributed by atoms with Gasteiger partial charge in [0, 0.05) is 0 Å². The minimum absolute atomic E-state index is 0.474. The van der Waals surface area contributed by atoms with Gasteiger partial charge in [0.2, 0.25) is 6.29 Å². The number of aliphatic hydroxyl groups excluding tert-OH is 4. The maximum Gasteiger partial charge on any atom is 0.229 e. The first-order valence-corrected chi connectivity index (χ1v) is 6.48. The number of ether oxygens (including phenoxy) is 2. The van der Waals surface area contributed by atoms with Gasteiger partial charge in [0.1, 0.15) is 30.2 Å². The molecule has 1 saturated heterocycles. The highest BCUT2D eigenvalue weighted by Gasteiger charge is 2.44. The van der Waals surface area contributed by atoms with Gasteiger partial charge in [0.15, 0.2) is 0 Å². The van der Waals surface area contributed by atoms with Crippen LogP contribution in [0.5, 0.6) is 5.75 Å². The van der Waals surface area contributed by atoms with Gasteiger partial charge in [0.25, 0.3) is 0 Å². The summed E-state index contributed by atoms with van der Waals surface area (Å²) in [6, 6.07) is 5.38. The van der Waals surface area contributed by atoms with E-state index in [0.717, 1.165) is 11.1 Å². The van der Waals surface area contributed by atoms with Crippen LogP contribution in [0.15, 0.2) is 18.2 Å². The van der Waals surface area contributed by atoms with E-state index in [9.17, 15) is 15.3 Å². The fourth-order valence-electron chi connectivity index (χ4n) is 2.09. The molecular weight excluding hydrogens is 264 g/mol. The third-order valence-electron chi connectivity index (χ3n) is 3.58. The van der Waals surface area contributed by atoms with Crippen molar-refractivity contribution >= 4 is 0 Å². The monoisotopic (exact) mass is 284 g/mol. The van der Waals surface area contributed by atoms with Crippen molar-refractivity contribution in [2.75, 3.05) is 6.61 Å². The largest absolute Gasteiger partial charge is 0.462 e. The van der Waals surface area contributed by atoms with Crippen molar-refractivity contribution in [3.05, 3.63) is 29.3 Å². The van der Waals surface area contributed by atoms with Crippen LogP contribution in [-0.2, 0) is 4.74 Å². The van der Waals surface area contributed by atoms with Crippen molar-refractivity contribution in [3.8, 4) is 5.75 Å². The first-order valence-electron chi connectivity index (χ1n) is 6.48. The van der Waals surface area contributed by atoms with Gasteiger partial charge in [-0.15, -0.1) is 0 Å². The highest BCUT2D eigenvalue weighted by atomic mass is 16.7. The van der Waals surface area contributed by atoms with E-state index in [0.29, 0.717) is 5.75 Å². The van der Waals surface area contributed by atoms with Crippen LogP contribution in [0.2, 0.25) is 0 Å². The van der Waals surface area contributed by atoms with Crippen molar-refractivity contribution in [2.45, 2.75) is 44.6 Å². The molecule has 1 fully saturated rings. The van der Waals surface area contributed by atoms with E-state index in [1.165, 1.54) is 0 Å². The summed E-state index contributed by atoms with van der Waals surface area (Å²) < 4.78 is 10.8. The zero-order chi connectivity index (χ0) is 14.9. The van der Waals surface area contributed by atoms with E-state index in [1.807, 2.05) is 19.9 Å². The van der Waals surface area contributed by atoms with Crippen molar-refractivity contribution in [2.24, 2.45) is 0 Å². The molecule has 1 aromatic rings. The van der Waals surface area contributed by atoms with E-state index in [4.69, 9.17) is 14.6 Å². The molecule has 1 aromatic carbocycles. The van der Waals surface area contributed by atoms with E-state index in [2.05, 4.69) is 0 Å². The SMILES string of the molecule is Cc1ccc(O[C@H]2O[C@H](CO)[C@@H](O)[C@H](O)[C@@H]2O)cc1C. The average molecular weight is 284 g/mol. The predicted molar refractivity (Wildman–Crippen MR) is 70.3 cm³/mol. The van der Waals surface area contributed by atoms with Crippen LogP contribution in [0.1, 0.15) is 11.1 Å². The highest BCUT2D eigenvalue weighted by molar-refractivity contribution is 5.33. The number of aryl methyl sites for hydroxylation is 2. The molecule has 0 spiro atoms. The Balaban J connectivity index is 2.13. The van der Waals surface area contributed by atoms with Gasteiger partial charge in [-0.05, 0) is 37.1 Å². The Labute approximate surface area is 117 Å². The van der Waals surface area contributed by atoms with Gasteiger partial charge in [-0.1, -0.05) is 6.07 Å². The second kappa shape index (κ2) is 6.07. The van der Waals surface area contributed by atoms with Crippen LogP contribution in [0.25, 0.3) is 0 Å². The number of benzene rings is 1. The zero-order valence-corrected chi connectivity index (χ0v) is 11.4. The summed E-state index contributed by atoms with van der Waals surface area (Å²) in [6.45, 7) is 3.42. The van der Waals surface area contributed by atoms with Gasteiger partial charge in [-0.25, -0.2) is 0 Å². The van der Waals surface area contributed by atoms with Crippen molar-refractivity contribution in [1.29, 1.82) is 0 Å². The fourth-order valence-corrected chi connectivity index (χ4v) is 2.09.